The number of esters is 1. The fraction of sp³-hybridized carbons (Fsp3) is 0.233. The number of alkyl carbamates (subject to hydrolysis) is 1. The first-order valence-electron chi connectivity index (χ1n) is 12.2. The number of hydrogen-bond acceptors (Lipinski definition) is 7. The van der Waals surface area contributed by atoms with Crippen molar-refractivity contribution >= 4 is 44.0 Å². The van der Waals surface area contributed by atoms with Crippen molar-refractivity contribution in [3.63, 3.8) is 0 Å². The van der Waals surface area contributed by atoms with Gasteiger partial charge in [0.05, 0.1) is 0 Å². The first-order chi connectivity index (χ1) is 18.6. The van der Waals surface area contributed by atoms with Gasteiger partial charge in [-0.2, -0.15) is 0 Å². The number of rotatable bonds is 8. The van der Waals surface area contributed by atoms with Crippen molar-refractivity contribution in [2.75, 3.05) is 7.11 Å². The normalized spacial score (nSPS) is 14.6. The monoisotopic (exact) mass is 643 g/mol. The summed E-state index contributed by atoms with van der Waals surface area (Å²) in [4.78, 5) is 36.9. The van der Waals surface area contributed by atoms with Gasteiger partial charge in [-0.05, 0) is 20.8 Å². The summed E-state index contributed by atoms with van der Waals surface area (Å²) in [5, 5.41) is 2.58. The fourth-order valence-corrected chi connectivity index (χ4v) is 7.61. The molecule has 0 saturated carbocycles. The van der Waals surface area contributed by atoms with Gasteiger partial charge in [0.25, 0.3) is 0 Å². The summed E-state index contributed by atoms with van der Waals surface area (Å²) >= 11 is -2.43. The summed E-state index contributed by atoms with van der Waals surface area (Å²) in [6.45, 7) is 5.23. The Morgan fingerprint density at radius 2 is 1.64 bits per heavy atom. The first kappa shape index (κ1) is 28.2. The standard InChI is InChI=1S/C30H30INO7/c1-30(2,3)38-29(35)32-25(28(34)36-4)18-20-14-16-22(17-15-20)37-26(21-10-6-5-7-11-21)19-31-24-13-9-8-12-23(24)27(33)39-31/h5-17,19,25H,18H2,1-4H3,(H,32,35)/b26-19-/t25-/m0/s1. The molecule has 8 nitrogen and oxygen atoms in total. The Morgan fingerprint density at radius 3 is 2.31 bits per heavy atom. The van der Waals surface area contributed by atoms with Gasteiger partial charge in [-0.3, -0.25) is 0 Å². The minimum absolute atomic E-state index is 0.205. The van der Waals surface area contributed by atoms with Crippen LogP contribution in [0.4, 0.5) is 4.79 Å². The number of halogens is 1. The quantitative estimate of drug-likeness (QED) is 0.179. The molecule has 3 aromatic rings. The molecule has 204 valence electrons. The zero-order chi connectivity index (χ0) is 28.0. The topological polar surface area (TPSA) is 100 Å². The van der Waals surface area contributed by atoms with Gasteiger partial charge in [0.15, 0.2) is 0 Å². The van der Waals surface area contributed by atoms with Gasteiger partial charge in [0.1, 0.15) is 5.60 Å². The van der Waals surface area contributed by atoms with E-state index in [9.17, 15) is 14.4 Å². The van der Waals surface area contributed by atoms with Crippen molar-refractivity contribution < 1.29 is 31.7 Å². The Bertz CT molecular complexity index is 1360. The van der Waals surface area contributed by atoms with E-state index in [1.807, 2.05) is 64.7 Å². The van der Waals surface area contributed by atoms with E-state index < -0.39 is 43.9 Å². The summed E-state index contributed by atoms with van der Waals surface area (Å²) in [6.07, 6.45) is -0.495. The summed E-state index contributed by atoms with van der Waals surface area (Å²) in [7, 11) is 1.27. The smallest absolute Gasteiger partial charge is 0.0253 e. The average molecular weight is 643 g/mol. The van der Waals surface area contributed by atoms with E-state index in [4.69, 9.17) is 17.3 Å². The molecule has 1 amide bonds. The maximum absolute atomic E-state index is 12.4. The molecule has 0 saturated heterocycles. The molecule has 9 heteroatoms. The first-order valence-corrected chi connectivity index (χ1v) is 15.4. The van der Waals surface area contributed by atoms with Crippen LogP contribution >= 0.6 is 20.2 Å². The van der Waals surface area contributed by atoms with Gasteiger partial charge in [-0.15, -0.1) is 0 Å². The zero-order valence-electron chi connectivity index (χ0n) is 22.1. The Hall–Kier alpha value is -3.86. The van der Waals surface area contributed by atoms with E-state index in [-0.39, 0.29) is 12.4 Å². The van der Waals surface area contributed by atoms with Crippen LogP contribution in [-0.2, 0) is 23.8 Å². The van der Waals surface area contributed by atoms with Crippen molar-refractivity contribution in [1.82, 2.24) is 5.32 Å². The molecular weight excluding hydrogens is 613 g/mol. The number of methoxy groups -OCH3 is 1. The van der Waals surface area contributed by atoms with Crippen LogP contribution in [0.1, 0.15) is 42.3 Å². The molecule has 1 aliphatic heterocycles. The maximum atomic E-state index is 12.4. The number of fused-ring (bicyclic) bond motifs is 1. The number of carbonyl (C=O) groups excluding carboxylic acids is 3. The number of ether oxygens (including phenoxy) is 3. The molecule has 0 aromatic heterocycles. The number of benzene rings is 3. The molecule has 0 spiro atoms. The molecule has 1 heterocycles. The molecule has 1 aliphatic rings. The summed E-state index contributed by atoms with van der Waals surface area (Å²) < 4.78 is 25.1. The second-order valence-electron chi connectivity index (χ2n) is 9.63. The predicted molar refractivity (Wildman–Crippen MR) is 155 cm³/mol. The Morgan fingerprint density at radius 1 is 0.974 bits per heavy atom. The molecule has 0 aliphatic carbocycles. The molecule has 39 heavy (non-hydrogen) atoms. The van der Waals surface area contributed by atoms with E-state index in [1.165, 1.54) is 7.11 Å². The zero-order valence-corrected chi connectivity index (χ0v) is 24.3. The predicted octanol–water partition coefficient (Wildman–Crippen LogP) is 6.13. The molecule has 0 bridgehead atoms. The van der Waals surface area contributed by atoms with Crippen molar-refractivity contribution in [2.24, 2.45) is 0 Å². The van der Waals surface area contributed by atoms with E-state index in [0.717, 1.165) is 14.7 Å². The van der Waals surface area contributed by atoms with Crippen LogP contribution in [0.2, 0.25) is 0 Å². The summed E-state index contributed by atoms with van der Waals surface area (Å²) in [6, 6.07) is 23.3. The van der Waals surface area contributed by atoms with Gasteiger partial charge in [-0.25, -0.2) is 0 Å². The molecule has 1 N–H and O–H groups in total. The van der Waals surface area contributed by atoms with E-state index in [0.29, 0.717) is 17.1 Å². The van der Waals surface area contributed by atoms with Gasteiger partial charge in [0, 0.05) is 0 Å². The third-order valence-electron chi connectivity index (χ3n) is 5.47. The van der Waals surface area contributed by atoms with Crippen LogP contribution in [0, 0.1) is 3.57 Å². The van der Waals surface area contributed by atoms with Crippen molar-refractivity contribution in [1.29, 1.82) is 0 Å². The molecular formula is C30H30INO7. The van der Waals surface area contributed by atoms with Gasteiger partial charge >= 0.3 is 210 Å². The number of nitrogens with one attached hydrogen (secondary N) is 1. The van der Waals surface area contributed by atoms with Gasteiger partial charge in [0.2, 0.25) is 0 Å². The third kappa shape index (κ3) is 7.60. The second kappa shape index (κ2) is 12.3. The second-order valence-corrected chi connectivity index (χ2v) is 13.4. The Kier molecular flexibility index (Phi) is 8.90. The molecule has 0 radical (unpaired) electrons. The fourth-order valence-electron chi connectivity index (χ4n) is 3.71. The van der Waals surface area contributed by atoms with Crippen LogP contribution in [0.5, 0.6) is 5.75 Å². The van der Waals surface area contributed by atoms with Crippen LogP contribution in [-0.4, -0.2) is 36.8 Å². The van der Waals surface area contributed by atoms with E-state index in [1.54, 1.807) is 39.0 Å². The van der Waals surface area contributed by atoms with E-state index >= 15 is 0 Å². The summed E-state index contributed by atoms with van der Waals surface area (Å²) in [5.74, 6) is 0.284. The SMILES string of the molecule is COC(=O)[C@H](Cc1ccc(O/C(=C\I2OC(=O)c3ccccc32)c2ccccc2)cc1)NC(=O)OC(C)(C)C. The number of hydrogen-bond donors (Lipinski definition) is 1. The van der Waals surface area contributed by atoms with Gasteiger partial charge in [-0.1, -0.05) is 0 Å². The van der Waals surface area contributed by atoms with Crippen LogP contribution in [0.25, 0.3) is 5.76 Å². The summed E-state index contributed by atoms with van der Waals surface area (Å²) in [5.41, 5.74) is 1.55. The van der Waals surface area contributed by atoms with Gasteiger partial charge < -0.3 is 0 Å². The van der Waals surface area contributed by atoms with Crippen molar-refractivity contribution in [3.05, 3.63) is 103 Å². The minimum Gasteiger partial charge on any atom is -0.0253 e. The van der Waals surface area contributed by atoms with Crippen molar-refractivity contribution in [3.8, 4) is 5.75 Å². The van der Waals surface area contributed by atoms with Crippen LogP contribution in [0.3, 0.4) is 0 Å². The van der Waals surface area contributed by atoms with Crippen LogP contribution in [0.15, 0.2) is 82.9 Å². The van der Waals surface area contributed by atoms with Crippen molar-refractivity contribution in [2.45, 2.75) is 38.8 Å². The molecule has 0 unspecified atom stereocenters. The Labute approximate surface area is 235 Å². The minimum atomic E-state index is -2.43. The molecule has 0 fully saturated rings. The molecule has 4 rings (SSSR count). The molecule has 3 aromatic carbocycles. The number of amides is 1. The number of carbonyl (C=O) groups is 3. The Balaban J connectivity index is 1.52. The molecule has 1 atom stereocenters. The average Bonchev–Trinajstić information content (AvgIpc) is 3.23. The third-order valence-corrected chi connectivity index (χ3v) is 9.56. The van der Waals surface area contributed by atoms with E-state index in [2.05, 4.69) is 5.32 Å². The van der Waals surface area contributed by atoms with Crippen LogP contribution < -0.4 is 10.1 Å².